The van der Waals surface area contributed by atoms with Crippen LogP contribution < -0.4 is 14.8 Å². The van der Waals surface area contributed by atoms with Gasteiger partial charge in [0, 0.05) is 18.2 Å². The Morgan fingerprint density at radius 1 is 1.25 bits per heavy atom. The molecular formula is C15H19NO4. The predicted molar refractivity (Wildman–Crippen MR) is 77.2 cm³/mol. The van der Waals surface area contributed by atoms with Gasteiger partial charge in [-0.3, -0.25) is 5.32 Å². The number of hydrogen-bond acceptors (Lipinski definition) is 4. The topological polar surface area (TPSA) is 56.8 Å². The first-order valence-electron chi connectivity index (χ1n) is 6.48. The number of nitrogens with one attached hydrogen (secondary N) is 1. The molecule has 5 heteroatoms. The molecule has 1 rings (SSSR count). The van der Waals surface area contributed by atoms with Crippen molar-refractivity contribution in [2.24, 2.45) is 0 Å². The Balaban J connectivity index is 2.68. The molecule has 0 aliphatic heterocycles. The Hall–Kier alpha value is -2.35. The van der Waals surface area contributed by atoms with E-state index in [0.717, 1.165) is 0 Å². The Bertz CT molecular complexity index is 479. The smallest absolute Gasteiger partial charge is 0.411 e. The minimum absolute atomic E-state index is 0.192. The summed E-state index contributed by atoms with van der Waals surface area (Å²) in [5.74, 6) is 3.61. The molecule has 1 aromatic carbocycles. The lowest BCUT2D eigenvalue weighted by molar-refractivity contribution is 0.164. The third kappa shape index (κ3) is 5.11. The van der Waals surface area contributed by atoms with Crippen molar-refractivity contribution in [3.8, 4) is 23.8 Å². The van der Waals surface area contributed by atoms with Crippen LogP contribution in [0.2, 0.25) is 0 Å². The number of ether oxygens (including phenoxy) is 3. The number of amides is 1. The van der Waals surface area contributed by atoms with Crippen molar-refractivity contribution in [3.05, 3.63) is 18.2 Å². The summed E-state index contributed by atoms with van der Waals surface area (Å²) in [4.78, 5) is 11.5. The number of terminal acetylenes is 1. The van der Waals surface area contributed by atoms with Crippen molar-refractivity contribution >= 4 is 11.8 Å². The second kappa shape index (κ2) is 8.70. The summed E-state index contributed by atoms with van der Waals surface area (Å²) in [5.41, 5.74) is 0.572. The number of benzene rings is 1. The third-order valence-electron chi connectivity index (χ3n) is 2.27. The lowest BCUT2D eigenvalue weighted by Crippen LogP contribution is -2.14. The number of carbonyl (C=O) groups excluding carboxylic acids is 1. The fourth-order valence-electron chi connectivity index (χ4n) is 1.49. The second-order valence-corrected chi connectivity index (χ2v) is 3.74. The molecule has 0 heterocycles. The first-order valence-corrected chi connectivity index (χ1v) is 6.48. The highest BCUT2D eigenvalue weighted by molar-refractivity contribution is 5.85. The predicted octanol–water partition coefficient (Wildman–Crippen LogP) is 3.06. The third-order valence-corrected chi connectivity index (χ3v) is 2.27. The highest BCUT2D eigenvalue weighted by Gasteiger charge is 2.08. The molecule has 0 unspecified atom stereocenters. The summed E-state index contributed by atoms with van der Waals surface area (Å²) < 4.78 is 15.8. The standard InChI is InChI=1S/C15H19NO4/c1-4-7-10-20-15(17)16-12-8-9-13(18-5-2)14(11-12)19-6-3/h1,8-9,11H,5-7,10H2,2-3H3,(H,16,17). The summed E-state index contributed by atoms with van der Waals surface area (Å²) in [6.07, 6.45) is 4.91. The van der Waals surface area contributed by atoms with Crippen LogP contribution in [0.3, 0.4) is 0 Å². The molecule has 0 spiro atoms. The second-order valence-electron chi connectivity index (χ2n) is 3.74. The minimum atomic E-state index is -0.549. The Morgan fingerprint density at radius 3 is 2.60 bits per heavy atom. The Kier molecular flexibility index (Phi) is 6.83. The highest BCUT2D eigenvalue weighted by atomic mass is 16.5. The maximum Gasteiger partial charge on any atom is 0.411 e. The first-order chi connectivity index (χ1) is 9.71. The molecule has 0 atom stereocenters. The Morgan fingerprint density at radius 2 is 1.95 bits per heavy atom. The van der Waals surface area contributed by atoms with Crippen molar-refractivity contribution < 1.29 is 19.0 Å². The van der Waals surface area contributed by atoms with Gasteiger partial charge >= 0.3 is 6.09 Å². The molecule has 0 saturated carbocycles. The van der Waals surface area contributed by atoms with Crippen molar-refractivity contribution in [2.75, 3.05) is 25.1 Å². The van der Waals surface area contributed by atoms with Gasteiger partial charge < -0.3 is 14.2 Å². The quantitative estimate of drug-likeness (QED) is 0.614. The zero-order valence-corrected chi connectivity index (χ0v) is 11.8. The van der Waals surface area contributed by atoms with Crippen molar-refractivity contribution in [3.63, 3.8) is 0 Å². The number of rotatable bonds is 7. The van der Waals surface area contributed by atoms with Crippen LogP contribution in [0.5, 0.6) is 11.5 Å². The maximum atomic E-state index is 11.5. The van der Waals surface area contributed by atoms with Gasteiger partial charge in [-0.25, -0.2) is 4.79 Å². The minimum Gasteiger partial charge on any atom is -0.490 e. The fourth-order valence-corrected chi connectivity index (χ4v) is 1.49. The van der Waals surface area contributed by atoms with Gasteiger partial charge in [-0.15, -0.1) is 12.3 Å². The van der Waals surface area contributed by atoms with Gasteiger partial charge in [0.2, 0.25) is 0 Å². The lowest BCUT2D eigenvalue weighted by atomic mass is 10.2. The van der Waals surface area contributed by atoms with Gasteiger partial charge in [-0.1, -0.05) is 0 Å². The molecule has 20 heavy (non-hydrogen) atoms. The molecular weight excluding hydrogens is 258 g/mol. The van der Waals surface area contributed by atoms with E-state index >= 15 is 0 Å². The summed E-state index contributed by atoms with van der Waals surface area (Å²) in [6, 6.07) is 5.15. The van der Waals surface area contributed by atoms with Crippen LogP contribution in [0.15, 0.2) is 18.2 Å². The first kappa shape index (κ1) is 15.7. The zero-order valence-electron chi connectivity index (χ0n) is 11.8. The zero-order chi connectivity index (χ0) is 14.8. The molecule has 0 saturated heterocycles. The molecule has 1 aromatic rings. The average molecular weight is 277 g/mol. The lowest BCUT2D eigenvalue weighted by Gasteiger charge is -2.13. The van der Waals surface area contributed by atoms with Crippen LogP contribution in [-0.2, 0) is 4.74 Å². The largest absolute Gasteiger partial charge is 0.490 e. The van der Waals surface area contributed by atoms with E-state index in [1.807, 2.05) is 13.8 Å². The van der Waals surface area contributed by atoms with E-state index in [4.69, 9.17) is 20.6 Å². The van der Waals surface area contributed by atoms with Crippen molar-refractivity contribution in [2.45, 2.75) is 20.3 Å². The molecule has 0 radical (unpaired) electrons. The van der Waals surface area contributed by atoms with Gasteiger partial charge in [0.25, 0.3) is 0 Å². The molecule has 5 nitrogen and oxygen atoms in total. The van der Waals surface area contributed by atoms with E-state index in [2.05, 4.69) is 11.2 Å². The molecule has 1 amide bonds. The van der Waals surface area contributed by atoms with E-state index in [0.29, 0.717) is 36.8 Å². The van der Waals surface area contributed by atoms with Crippen molar-refractivity contribution in [1.82, 2.24) is 0 Å². The van der Waals surface area contributed by atoms with Crippen LogP contribution in [0, 0.1) is 12.3 Å². The van der Waals surface area contributed by atoms with E-state index in [-0.39, 0.29) is 6.61 Å². The summed E-state index contributed by atoms with van der Waals surface area (Å²) in [5, 5.41) is 2.60. The molecule has 0 aliphatic rings. The molecule has 0 fully saturated rings. The molecule has 108 valence electrons. The van der Waals surface area contributed by atoms with E-state index < -0.39 is 6.09 Å². The molecule has 0 aliphatic carbocycles. The Labute approximate surface area is 119 Å². The van der Waals surface area contributed by atoms with E-state index in [1.165, 1.54) is 0 Å². The van der Waals surface area contributed by atoms with Gasteiger partial charge in [-0.2, -0.15) is 0 Å². The molecule has 0 bridgehead atoms. The number of carbonyl (C=O) groups is 1. The summed E-state index contributed by atoms with van der Waals surface area (Å²) >= 11 is 0. The summed E-state index contributed by atoms with van der Waals surface area (Å²) in [7, 11) is 0. The van der Waals surface area contributed by atoms with Crippen molar-refractivity contribution in [1.29, 1.82) is 0 Å². The van der Waals surface area contributed by atoms with Gasteiger partial charge in [-0.05, 0) is 26.0 Å². The molecule has 1 N–H and O–H groups in total. The van der Waals surface area contributed by atoms with E-state index in [1.54, 1.807) is 18.2 Å². The van der Waals surface area contributed by atoms with Crippen LogP contribution in [-0.4, -0.2) is 25.9 Å². The van der Waals surface area contributed by atoms with Crippen LogP contribution >= 0.6 is 0 Å². The fraction of sp³-hybridized carbons (Fsp3) is 0.400. The van der Waals surface area contributed by atoms with Gasteiger partial charge in [0.15, 0.2) is 11.5 Å². The number of anilines is 1. The van der Waals surface area contributed by atoms with Crippen LogP contribution in [0.1, 0.15) is 20.3 Å². The maximum absolute atomic E-state index is 11.5. The molecule has 0 aromatic heterocycles. The highest BCUT2D eigenvalue weighted by Crippen LogP contribution is 2.30. The van der Waals surface area contributed by atoms with Gasteiger partial charge in [0.05, 0.1) is 13.2 Å². The van der Waals surface area contributed by atoms with Gasteiger partial charge in [0.1, 0.15) is 6.61 Å². The van der Waals surface area contributed by atoms with Crippen LogP contribution in [0.4, 0.5) is 10.5 Å². The number of hydrogen-bond donors (Lipinski definition) is 1. The monoisotopic (exact) mass is 277 g/mol. The normalized spacial score (nSPS) is 9.45. The average Bonchev–Trinajstić information content (AvgIpc) is 2.42. The van der Waals surface area contributed by atoms with Crippen LogP contribution in [0.25, 0.3) is 0 Å². The SMILES string of the molecule is C#CCCOC(=O)Nc1ccc(OCC)c(OCC)c1. The van der Waals surface area contributed by atoms with E-state index in [9.17, 15) is 4.79 Å². The summed E-state index contributed by atoms with van der Waals surface area (Å²) in [6.45, 7) is 5.02.